The van der Waals surface area contributed by atoms with Gasteiger partial charge in [0.15, 0.2) is 0 Å². The van der Waals surface area contributed by atoms with Crippen molar-refractivity contribution in [2.75, 3.05) is 26.2 Å². The van der Waals surface area contributed by atoms with Gasteiger partial charge in [-0.05, 0) is 44.4 Å². The van der Waals surface area contributed by atoms with Crippen LogP contribution in [0.25, 0.3) is 11.4 Å². The summed E-state index contributed by atoms with van der Waals surface area (Å²) >= 11 is 6.20. The number of carbonyl (C=O) groups excluding carboxylic acids is 1. The van der Waals surface area contributed by atoms with Crippen molar-refractivity contribution in [3.8, 4) is 11.4 Å². The van der Waals surface area contributed by atoms with E-state index in [4.69, 9.17) is 16.1 Å². The van der Waals surface area contributed by atoms with Crippen LogP contribution in [-0.2, 0) is 11.3 Å². The Bertz CT molecular complexity index is 772. The van der Waals surface area contributed by atoms with Gasteiger partial charge in [-0.2, -0.15) is 4.98 Å². The van der Waals surface area contributed by atoms with Crippen LogP contribution in [0.5, 0.6) is 0 Å². The first-order chi connectivity index (χ1) is 12.7. The number of aromatic nitrogens is 2. The lowest BCUT2D eigenvalue weighted by atomic mass is 9.96. The predicted molar refractivity (Wildman–Crippen MR) is 98.6 cm³/mol. The molecule has 2 aliphatic heterocycles. The van der Waals surface area contributed by atoms with E-state index in [-0.39, 0.29) is 5.92 Å². The first-order valence-corrected chi connectivity index (χ1v) is 9.67. The molecule has 1 amide bonds. The van der Waals surface area contributed by atoms with Crippen molar-refractivity contribution in [2.45, 2.75) is 32.2 Å². The number of likely N-dealkylation sites (tertiary alicyclic amines) is 2. The van der Waals surface area contributed by atoms with Crippen LogP contribution in [0.2, 0.25) is 5.02 Å². The molecule has 0 aliphatic carbocycles. The highest BCUT2D eigenvalue weighted by Crippen LogP contribution is 2.26. The maximum absolute atomic E-state index is 12.7. The molecule has 2 saturated heterocycles. The Morgan fingerprint density at radius 2 is 2.00 bits per heavy atom. The Kier molecular flexibility index (Phi) is 5.22. The van der Waals surface area contributed by atoms with Crippen molar-refractivity contribution >= 4 is 17.5 Å². The zero-order chi connectivity index (χ0) is 17.9. The summed E-state index contributed by atoms with van der Waals surface area (Å²) in [5.41, 5.74) is 0.768. The van der Waals surface area contributed by atoms with Gasteiger partial charge in [0, 0.05) is 25.2 Å². The molecule has 0 spiro atoms. The molecular weight excluding hydrogens is 352 g/mol. The van der Waals surface area contributed by atoms with E-state index >= 15 is 0 Å². The third-order valence-corrected chi connectivity index (χ3v) is 5.54. The van der Waals surface area contributed by atoms with Gasteiger partial charge in [0.1, 0.15) is 0 Å². The monoisotopic (exact) mass is 374 g/mol. The summed E-state index contributed by atoms with van der Waals surface area (Å²) in [5, 5.41) is 4.66. The van der Waals surface area contributed by atoms with Gasteiger partial charge in [0.2, 0.25) is 17.6 Å². The third-order valence-electron chi connectivity index (χ3n) is 5.21. The lowest BCUT2D eigenvalue weighted by molar-refractivity contribution is -0.136. The lowest BCUT2D eigenvalue weighted by Crippen LogP contribution is -2.43. The van der Waals surface area contributed by atoms with Gasteiger partial charge >= 0.3 is 0 Å². The average molecular weight is 375 g/mol. The molecule has 2 aromatic rings. The molecule has 1 atom stereocenters. The maximum atomic E-state index is 12.7. The van der Waals surface area contributed by atoms with Crippen LogP contribution < -0.4 is 0 Å². The fourth-order valence-electron chi connectivity index (χ4n) is 3.86. The number of nitrogens with zero attached hydrogens (tertiary/aromatic N) is 4. The average Bonchev–Trinajstić information content (AvgIpc) is 3.34. The molecule has 3 heterocycles. The standard InChI is InChI=1S/C19H23ClN4O2/c20-16-8-2-1-7-15(16)18-21-17(26-22-18)13-23-9-5-6-14(12-23)19(25)24-10-3-4-11-24/h1-2,7-8,14H,3-6,9-13H2. The molecule has 26 heavy (non-hydrogen) atoms. The van der Waals surface area contributed by atoms with Crippen molar-refractivity contribution < 1.29 is 9.32 Å². The van der Waals surface area contributed by atoms with E-state index in [0.29, 0.717) is 29.2 Å². The number of rotatable bonds is 4. The molecule has 1 unspecified atom stereocenters. The molecule has 0 bridgehead atoms. The van der Waals surface area contributed by atoms with E-state index in [2.05, 4.69) is 15.0 Å². The summed E-state index contributed by atoms with van der Waals surface area (Å²) in [5.74, 6) is 1.48. The molecule has 1 aromatic carbocycles. The van der Waals surface area contributed by atoms with Crippen LogP contribution in [0, 0.1) is 5.92 Å². The van der Waals surface area contributed by atoms with E-state index in [9.17, 15) is 4.79 Å². The summed E-state index contributed by atoms with van der Waals surface area (Å²) in [6, 6.07) is 7.46. The summed E-state index contributed by atoms with van der Waals surface area (Å²) in [6.07, 6.45) is 4.26. The van der Waals surface area contributed by atoms with E-state index in [1.165, 1.54) is 0 Å². The Hall–Kier alpha value is -1.92. The van der Waals surface area contributed by atoms with Gasteiger partial charge in [-0.1, -0.05) is 28.9 Å². The van der Waals surface area contributed by atoms with E-state index in [1.54, 1.807) is 0 Å². The van der Waals surface area contributed by atoms with Crippen molar-refractivity contribution in [2.24, 2.45) is 5.92 Å². The van der Waals surface area contributed by atoms with Gasteiger partial charge in [0.25, 0.3) is 0 Å². The van der Waals surface area contributed by atoms with Gasteiger partial charge < -0.3 is 9.42 Å². The molecule has 2 fully saturated rings. The minimum Gasteiger partial charge on any atom is -0.342 e. The highest BCUT2D eigenvalue weighted by atomic mass is 35.5. The zero-order valence-electron chi connectivity index (χ0n) is 14.7. The van der Waals surface area contributed by atoms with Crippen molar-refractivity contribution in [3.63, 3.8) is 0 Å². The van der Waals surface area contributed by atoms with Crippen LogP contribution in [0.3, 0.4) is 0 Å². The second-order valence-corrected chi connectivity index (χ2v) is 7.51. The molecule has 0 saturated carbocycles. The Labute approximate surface area is 158 Å². The molecular formula is C19H23ClN4O2. The summed E-state index contributed by atoms with van der Waals surface area (Å²) in [4.78, 5) is 21.4. The number of hydrogen-bond donors (Lipinski definition) is 0. The first kappa shape index (κ1) is 17.5. The lowest BCUT2D eigenvalue weighted by Gasteiger charge is -2.33. The molecule has 138 valence electrons. The molecule has 1 aromatic heterocycles. The smallest absolute Gasteiger partial charge is 0.241 e. The van der Waals surface area contributed by atoms with Gasteiger partial charge in [-0.25, -0.2) is 0 Å². The van der Waals surface area contributed by atoms with Gasteiger partial charge in [-0.15, -0.1) is 0 Å². The van der Waals surface area contributed by atoms with Gasteiger partial charge in [-0.3, -0.25) is 9.69 Å². The molecule has 6 nitrogen and oxygen atoms in total. The number of piperidine rings is 1. The number of amides is 1. The summed E-state index contributed by atoms with van der Waals surface area (Å²) in [7, 11) is 0. The normalized spacial score (nSPS) is 21.3. The minimum atomic E-state index is 0.0906. The first-order valence-electron chi connectivity index (χ1n) is 9.29. The largest absolute Gasteiger partial charge is 0.342 e. The van der Waals surface area contributed by atoms with Crippen LogP contribution in [-0.4, -0.2) is 52.0 Å². The molecule has 7 heteroatoms. The maximum Gasteiger partial charge on any atom is 0.241 e. The number of carbonyl (C=O) groups is 1. The fourth-order valence-corrected chi connectivity index (χ4v) is 4.08. The third kappa shape index (κ3) is 3.76. The number of halogens is 1. The highest BCUT2D eigenvalue weighted by Gasteiger charge is 2.31. The molecule has 2 aliphatic rings. The van der Waals surface area contributed by atoms with Crippen LogP contribution >= 0.6 is 11.6 Å². The minimum absolute atomic E-state index is 0.0906. The number of hydrogen-bond acceptors (Lipinski definition) is 5. The Balaban J connectivity index is 1.39. The molecule has 4 rings (SSSR count). The highest BCUT2D eigenvalue weighted by molar-refractivity contribution is 6.33. The van der Waals surface area contributed by atoms with Crippen molar-refractivity contribution in [1.82, 2.24) is 19.9 Å². The second kappa shape index (κ2) is 7.76. The quantitative estimate of drug-likeness (QED) is 0.822. The molecule has 0 N–H and O–H groups in total. The second-order valence-electron chi connectivity index (χ2n) is 7.10. The van der Waals surface area contributed by atoms with Crippen molar-refractivity contribution in [1.29, 1.82) is 0 Å². The summed E-state index contributed by atoms with van der Waals surface area (Å²) in [6.45, 7) is 4.12. The van der Waals surface area contributed by atoms with Gasteiger partial charge in [0.05, 0.1) is 17.5 Å². The number of benzene rings is 1. The van der Waals surface area contributed by atoms with Crippen LogP contribution in [0.1, 0.15) is 31.6 Å². The van der Waals surface area contributed by atoms with E-state index < -0.39 is 0 Å². The Morgan fingerprint density at radius 3 is 2.81 bits per heavy atom. The zero-order valence-corrected chi connectivity index (χ0v) is 15.5. The summed E-state index contributed by atoms with van der Waals surface area (Å²) < 4.78 is 5.42. The van der Waals surface area contributed by atoms with Crippen molar-refractivity contribution in [3.05, 3.63) is 35.2 Å². The fraction of sp³-hybridized carbons (Fsp3) is 0.526. The SMILES string of the molecule is O=C(C1CCCN(Cc2nc(-c3ccccc3Cl)no2)C1)N1CCCC1. The Morgan fingerprint density at radius 1 is 1.19 bits per heavy atom. The topological polar surface area (TPSA) is 62.5 Å². The van der Waals surface area contributed by atoms with E-state index in [0.717, 1.165) is 57.4 Å². The van der Waals surface area contributed by atoms with Crippen LogP contribution in [0.4, 0.5) is 0 Å². The molecule has 0 radical (unpaired) electrons. The van der Waals surface area contributed by atoms with E-state index in [1.807, 2.05) is 29.2 Å². The van der Waals surface area contributed by atoms with Crippen LogP contribution in [0.15, 0.2) is 28.8 Å². The predicted octanol–water partition coefficient (Wildman–Crippen LogP) is 3.22.